The van der Waals surface area contributed by atoms with Gasteiger partial charge in [-0.05, 0) is 12.0 Å². The van der Waals surface area contributed by atoms with Gasteiger partial charge in [-0.15, -0.1) is 0 Å². The summed E-state index contributed by atoms with van der Waals surface area (Å²) in [5, 5.41) is 2.52. The smallest absolute Gasteiger partial charge is 0.237 e. The second-order valence-electron chi connectivity index (χ2n) is 4.22. The molecule has 18 heavy (non-hydrogen) atoms. The maximum Gasteiger partial charge on any atom is 0.237 e. The lowest BCUT2D eigenvalue weighted by atomic mass is 10.1. The van der Waals surface area contributed by atoms with E-state index in [1.807, 2.05) is 30.3 Å². The summed E-state index contributed by atoms with van der Waals surface area (Å²) in [7, 11) is -3.06. The Morgan fingerprint density at radius 2 is 1.94 bits per heavy atom. The van der Waals surface area contributed by atoms with Crippen molar-refractivity contribution in [1.29, 1.82) is 0 Å². The highest BCUT2D eigenvalue weighted by Gasteiger charge is 2.14. The van der Waals surface area contributed by atoms with E-state index in [4.69, 9.17) is 5.73 Å². The molecule has 1 rings (SSSR count). The molecule has 1 atom stereocenters. The fourth-order valence-electron chi connectivity index (χ4n) is 1.45. The molecule has 0 saturated carbocycles. The van der Waals surface area contributed by atoms with Crippen molar-refractivity contribution >= 4 is 15.7 Å². The molecule has 1 amide bonds. The molecule has 6 heteroatoms. The van der Waals surface area contributed by atoms with Gasteiger partial charge in [0.25, 0.3) is 0 Å². The summed E-state index contributed by atoms with van der Waals surface area (Å²) < 4.78 is 21.8. The van der Waals surface area contributed by atoms with Crippen LogP contribution in [0.3, 0.4) is 0 Å². The van der Waals surface area contributed by atoms with E-state index in [1.54, 1.807) is 0 Å². The van der Waals surface area contributed by atoms with Crippen LogP contribution in [0.1, 0.15) is 5.56 Å². The molecule has 0 aliphatic carbocycles. The molecule has 100 valence electrons. The molecule has 1 aromatic rings. The molecule has 1 unspecified atom stereocenters. The van der Waals surface area contributed by atoms with Crippen molar-refractivity contribution in [3.8, 4) is 0 Å². The quantitative estimate of drug-likeness (QED) is 0.744. The van der Waals surface area contributed by atoms with Crippen molar-refractivity contribution in [1.82, 2.24) is 5.32 Å². The highest BCUT2D eigenvalue weighted by Crippen LogP contribution is 2.01. The van der Waals surface area contributed by atoms with Crippen molar-refractivity contribution in [2.24, 2.45) is 5.73 Å². The number of nitrogens with two attached hydrogens (primary N) is 1. The molecule has 0 saturated heterocycles. The zero-order chi connectivity index (χ0) is 13.6. The first-order chi connectivity index (χ1) is 8.38. The summed E-state index contributed by atoms with van der Waals surface area (Å²) in [6.07, 6.45) is 1.56. The van der Waals surface area contributed by atoms with E-state index in [0.717, 1.165) is 11.8 Å². The molecule has 0 heterocycles. The van der Waals surface area contributed by atoms with Crippen LogP contribution >= 0.6 is 0 Å². The van der Waals surface area contributed by atoms with Gasteiger partial charge < -0.3 is 11.1 Å². The molecule has 0 spiro atoms. The Kier molecular flexibility index (Phi) is 5.30. The molecule has 5 nitrogen and oxygen atoms in total. The minimum Gasteiger partial charge on any atom is -0.354 e. The molecule has 0 aliphatic heterocycles. The lowest BCUT2D eigenvalue weighted by Gasteiger charge is -2.11. The van der Waals surface area contributed by atoms with Crippen molar-refractivity contribution in [3.05, 3.63) is 35.9 Å². The van der Waals surface area contributed by atoms with Crippen LogP contribution in [-0.4, -0.2) is 38.9 Å². The molecule has 0 bridgehead atoms. The minimum absolute atomic E-state index is 0.0726. The first-order valence-electron chi connectivity index (χ1n) is 5.63. The van der Waals surface area contributed by atoms with Gasteiger partial charge in [-0.25, -0.2) is 8.42 Å². The summed E-state index contributed by atoms with van der Waals surface area (Å²) in [5.41, 5.74) is 6.71. The number of benzene rings is 1. The van der Waals surface area contributed by atoms with Crippen LogP contribution in [0.2, 0.25) is 0 Å². The van der Waals surface area contributed by atoms with E-state index in [-0.39, 0.29) is 18.2 Å². The Morgan fingerprint density at radius 1 is 1.33 bits per heavy atom. The Bertz CT molecular complexity index is 485. The number of hydrogen-bond donors (Lipinski definition) is 2. The zero-order valence-electron chi connectivity index (χ0n) is 10.3. The van der Waals surface area contributed by atoms with Gasteiger partial charge >= 0.3 is 0 Å². The van der Waals surface area contributed by atoms with Crippen LogP contribution in [0.5, 0.6) is 0 Å². The Morgan fingerprint density at radius 3 is 2.50 bits per heavy atom. The van der Waals surface area contributed by atoms with E-state index < -0.39 is 15.9 Å². The van der Waals surface area contributed by atoms with Crippen LogP contribution in [0.25, 0.3) is 0 Å². The summed E-state index contributed by atoms with van der Waals surface area (Å²) in [5.74, 6) is -0.404. The van der Waals surface area contributed by atoms with E-state index >= 15 is 0 Å². The summed E-state index contributed by atoms with van der Waals surface area (Å²) >= 11 is 0. The fraction of sp³-hybridized carbons (Fsp3) is 0.417. The van der Waals surface area contributed by atoms with Crippen LogP contribution in [0.15, 0.2) is 30.3 Å². The molecular weight excluding hydrogens is 252 g/mol. The van der Waals surface area contributed by atoms with Gasteiger partial charge in [0.05, 0.1) is 11.8 Å². The number of carbonyl (C=O) groups excluding carboxylic acids is 1. The van der Waals surface area contributed by atoms with Gasteiger partial charge in [0.15, 0.2) is 0 Å². The number of carbonyl (C=O) groups is 1. The second kappa shape index (κ2) is 6.51. The standard InChI is InChI=1S/C12H18N2O3S/c1-18(16,17)8-7-14-12(15)11(13)9-10-5-3-2-4-6-10/h2-6,11H,7-9,13H2,1H3,(H,14,15). The van der Waals surface area contributed by atoms with E-state index in [9.17, 15) is 13.2 Å². The molecule has 3 N–H and O–H groups in total. The number of amides is 1. The predicted molar refractivity (Wildman–Crippen MR) is 70.8 cm³/mol. The van der Waals surface area contributed by atoms with Crippen LogP contribution in [0.4, 0.5) is 0 Å². The molecular formula is C12H18N2O3S. The zero-order valence-corrected chi connectivity index (χ0v) is 11.1. The lowest BCUT2D eigenvalue weighted by Crippen LogP contribution is -2.43. The Labute approximate surface area is 107 Å². The maximum atomic E-state index is 11.6. The van der Waals surface area contributed by atoms with Gasteiger partial charge in [0, 0.05) is 12.8 Å². The predicted octanol–water partition coefficient (Wildman–Crippen LogP) is -0.283. The number of nitrogens with one attached hydrogen (secondary N) is 1. The Hall–Kier alpha value is -1.40. The topological polar surface area (TPSA) is 89.3 Å². The average Bonchev–Trinajstić information content (AvgIpc) is 2.28. The minimum atomic E-state index is -3.06. The SMILES string of the molecule is CS(=O)(=O)CCNC(=O)C(N)Cc1ccccc1. The van der Waals surface area contributed by atoms with Gasteiger partial charge in [0.2, 0.25) is 5.91 Å². The van der Waals surface area contributed by atoms with Crippen LogP contribution in [0, 0.1) is 0 Å². The molecule has 0 fully saturated rings. The fourth-order valence-corrected chi connectivity index (χ4v) is 1.92. The van der Waals surface area contributed by atoms with Gasteiger partial charge in [0.1, 0.15) is 9.84 Å². The molecule has 0 radical (unpaired) electrons. The Balaban J connectivity index is 2.38. The number of rotatable bonds is 6. The van der Waals surface area contributed by atoms with Crippen molar-refractivity contribution in [3.63, 3.8) is 0 Å². The molecule has 1 aromatic carbocycles. The van der Waals surface area contributed by atoms with Gasteiger partial charge in [-0.2, -0.15) is 0 Å². The van der Waals surface area contributed by atoms with E-state index in [0.29, 0.717) is 6.42 Å². The highest BCUT2D eigenvalue weighted by molar-refractivity contribution is 7.90. The summed E-state index contributed by atoms with van der Waals surface area (Å²) in [6, 6.07) is 8.77. The normalized spacial score (nSPS) is 13.0. The van der Waals surface area contributed by atoms with Crippen LogP contribution < -0.4 is 11.1 Å². The second-order valence-corrected chi connectivity index (χ2v) is 6.48. The third kappa shape index (κ3) is 5.79. The number of hydrogen-bond acceptors (Lipinski definition) is 4. The average molecular weight is 270 g/mol. The third-order valence-electron chi connectivity index (χ3n) is 2.41. The van der Waals surface area contributed by atoms with Crippen LogP contribution in [-0.2, 0) is 21.1 Å². The first-order valence-corrected chi connectivity index (χ1v) is 7.69. The largest absolute Gasteiger partial charge is 0.354 e. The van der Waals surface area contributed by atoms with Crippen molar-refractivity contribution in [2.75, 3.05) is 18.6 Å². The highest BCUT2D eigenvalue weighted by atomic mass is 32.2. The van der Waals surface area contributed by atoms with E-state index in [1.165, 1.54) is 0 Å². The maximum absolute atomic E-state index is 11.6. The number of sulfone groups is 1. The monoisotopic (exact) mass is 270 g/mol. The van der Waals surface area contributed by atoms with Gasteiger partial charge in [-0.3, -0.25) is 4.79 Å². The molecule has 0 aliphatic rings. The van der Waals surface area contributed by atoms with Crippen molar-refractivity contribution in [2.45, 2.75) is 12.5 Å². The lowest BCUT2D eigenvalue weighted by molar-refractivity contribution is -0.122. The summed E-state index contributed by atoms with van der Waals surface area (Å²) in [4.78, 5) is 11.6. The first kappa shape index (κ1) is 14.7. The molecule has 0 aromatic heterocycles. The van der Waals surface area contributed by atoms with Crippen molar-refractivity contribution < 1.29 is 13.2 Å². The van der Waals surface area contributed by atoms with Gasteiger partial charge in [-0.1, -0.05) is 30.3 Å². The summed E-state index contributed by atoms with van der Waals surface area (Å²) in [6.45, 7) is 0.0974. The van der Waals surface area contributed by atoms with E-state index in [2.05, 4.69) is 5.32 Å². The third-order valence-corrected chi connectivity index (χ3v) is 3.35.